The third kappa shape index (κ3) is 4.42. The van der Waals surface area contributed by atoms with E-state index in [1.54, 1.807) is 0 Å². The highest BCUT2D eigenvalue weighted by Crippen LogP contribution is 2.44. The fraction of sp³-hybridized carbons (Fsp3) is 0.370. The molecule has 2 aliphatic carbocycles. The van der Waals surface area contributed by atoms with Crippen LogP contribution in [-0.4, -0.2) is 53.2 Å². The van der Waals surface area contributed by atoms with E-state index in [1.807, 2.05) is 36.4 Å². The number of rotatable bonds is 6. The van der Waals surface area contributed by atoms with Gasteiger partial charge >= 0.3 is 12.1 Å². The van der Waals surface area contributed by atoms with Crippen molar-refractivity contribution < 1.29 is 24.2 Å². The molecule has 0 aliphatic heterocycles. The first-order valence-corrected chi connectivity index (χ1v) is 11.5. The summed E-state index contributed by atoms with van der Waals surface area (Å²) in [7, 11) is 1.50. The molecule has 2 N–H and O–H groups in total. The van der Waals surface area contributed by atoms with E-state index < -0.39 is 23.5 Å². The lowest BCUT2D eigenvalue weighted by Crippen LogP contribution is -2.53. The SMILES string of the molecule is CN(C(=O)C1CC=CC(NC(=O)OCC2c3ccccc3-c3ccccc32)C1)C(C)(C)C(=O)O. The van der Waals surface area contributed by atoms with Crippen LogP contribution in [0, 0.1) is 5.92 Å². The minimum atomic E-state index is -1.31. The van der Waals surface area contributed by atoms with E-state index in [9.17, 15) is 19.5 Å². The molecule has 2 aromatic rings. The normalized spacial score (nSPS) is 19.1. The van der Waals surface area contributed by atoms with E-state index >= 15 is 0 Å². The van der Waals surface area contributed by atoms with Gasteiger partial charge in [-0.05, 0) is 48.9 Å². The maximum atomic E-state index is 12.9. The van der Waals surface area contributed by atoms with Crippen molar-refractivity contribution >= 4 is 18.0 Å². The average molecular weight is 463 g/mol. The number of carboxylic acids is 1. The third-order valence-electron chi connectivity index (χ3n) is 7.02. The van der Waals surface area contributed by atoms with E-state index in [1.165, 1.54) is 25.8 Å². The maximum Gasteiger partial charge on any atom is 0.407 e. The van der Waals surface area contributed by atoms with Gasteiger partial charge in [-0.25, -0.2) is 9.59 Å². The van der Waals surface area contributed by atoms with Crippen LogP contribution in [0.2, 0.25) is 0 Å². The second kappa shape index (κ2) is 9.33. The van der Waals surface area contributed by atoms with Gasteiger partial charge in [0.2, 0.25) is 5.91 Å². The number of hydrogen-bond donors (Lipinski definition) is 2. The number of amides is 2. The van der Waals surface area contributed by atoms with E-state index in [0.717, 1.165) is 22.3 Å². The number of aliphatic carboxylic acids is 1. The number of fused-ring (bicyclic) bond motifs is 3. The Labute approximate surface area is 199 Å². The van der Waals surface area contributed by atoms with Crippen molar-refractivity contribution in [1.29, 1.82) is 0 Å². The van der Waals surface area contributed by atoms with Gasteiger partial charge in [0.05, 0.1) is 6.04 Å². The molecule has 0 radical (unpaired) electrons. The minimum Gasteiger partial charge on any atom is -0.480 e. The van der Waals surface area contributed by atoms with Crippen LogP contribution in [-0.2, 0) is 14.3 Å². The van der Waals surface area contributed by atoms with Crippen molar-refractivity contribution in [2.24, 2.45) is 5.92 Å². The second-order valence-corrected chi connectivity index (χ2v) is 9.43. The molecule has 178 valence electrons. The van der Waals surface area contributed by atoms with Crippen LogP contribution in [0.3, 0.4) is 0 Å². The highest BCUT2D eigenvalue weighted by Gasteiger charge is 2.39. The average Bonchev–Trinajstić information content (AvgIpc) is 3.15. The van der Waals surface area contributed by atoms with Gasteiger partial charge in [0.1, 0.15) is 12.1 Å². The summed E-state index contributed by atoms with van der Waals surface area (Å²) in [6.45, 7) is 3.21. The molecule has 34 heavy (non-hydrogen) atoms. The lowest BCUT2D eigenvalue weighted by Gasteiger charge is -2.35. The number of nitrogens with zero attached hydrogens (tertiary/aromatic N) is 1. The quantitative estimate of drug-likeness (QED) is 0.628. The number of carbonyl (C=O) groups is 3. The molecule has 0 spiro atoms. The lowest BCUT2D eigenvalue weighted by molar-refractivity contribution is -0.157. The van der Waals surface area contributed by atoms with Crippen molar-refractivity contribution in [1.82, 2.24) is 10.2 Å². The minimum absolute atomic E-state index is 0.0266. The standard InChI is InChI=1S/C27H30N2O5/c1-27(2,25(31)32)29(3)24(30)17-9-8-10-18(15-17)28-26(33)34-16-23-21-13-6-4-11-19(21)20-12-5-7-14-22(20)23/h4-8,10-14,17-18,23H,9,15-16H2,1-3H3,(H,28,33)(H,31,32). The molecule has 2 aromatic carbocycles. The van der Waals surface area contributed by atoms with Crippen molar-refractivity contribution in [2.75, 3.05) is 13.7 Å². The number of carboxylic acid groups (broad SMARTS) is 1. The Morgan fingerprint density at radius 3 is 2.24 bits per heavy atom. The van der Waals surface area contributed by atoms with Crippen LogP contribution in [0.5, 0.6) is 0 Å². The summed E-state index contributed by atoms with van der Waals surface area (Å²) in [6, 6.07) is 15.9. The van der Waals surface area contributed by atoms with Crippen LogP contribution in [0.25, 0.3) is 11.1 Å². The fourth-order valence-corrected chi connectivity index (χ4v) is 4.68. The monoisotopic (exact) mass is 462 g/mol. The maximum absolute atomic E-state index is 12.9. The smallest absolute Gasteiger partial charge is 0.407 e. The number of carbonyl (C=O) groups excluding carboxylic acids is 2. The zero-order valence-electron chi connectivity index (χ0n) is 19.7. The van der Waals surface area contributed by atoms with Crippen LogP contribution in [0.1, 0.15) is 43.7 Å². The number of nitrogens with one attached hydrogen (secondary N) is 1. The largest absolute Gasteiger partial charge is 0.480 e. The molecule has 2 atom stereocenters. The summed E-state index contributed by atoms with van der Waals surface area (Å²) in [6.07, 6.45) is 4.06. The molecular weight excluding hydrogens is 432 g/mol. The second-order valence-electron chi connectivity index (χ2n) is 9.43. The Hall–Kier alpha value is -3.61. The van der Waals surface area contributed by atoms with Crippen molar-refractivity contribution in [3.63, 3.8) is 0 Å². The van der Waals surface area contributed by atoms with Crippen molar-refractivity contribution in [2.45, 2.75) is 44.2 Å². The highest BCUT2D eigenvalue weighted by molar-refractivity contribution is 5.87. The van der Waals surface area contributed by atoms with Crippen LogP contribution in [0.4, 0.5) is 4.79 Å². The molecular formula is C27H30N2O5. The van der Waals surface area contributed by atoms with Gasteiger partial charge in [-0.2, -0.15) is 0 Å². The zero-order valence-corrected chi connectivity index (χ0v) is 19.7. The van der Waals surface area contributed by atoms with Gasteiger partial charge in [0, 0.05) is 18.9 Å². The highest BCUT2D eigenvalue weighted by atomic mass is 16.5. The summed E-state index contributed by atoms with van der Waals surface area (Å²) >= 11 is 0. The molecule has 7 heteroatoms. The Kier molecular flexibility index (Phi) is 6.46. The third-order valence-corrected chi connectivity index (χ3v) is 7.02. The number of allylic oxidation sites excluding steroid dienone is 1. The number of likely N-dealkylation sites (N-methyl/N-ethyl adjacent to an activating group) is 1. The van der Waals surface area contributed by atoms with Gasteiger partial charge in [0.15, 0.2) is 0 Å². The lowest BCUT2D eigenvalue weighted by atomic mass is 9.88. The summed E-state index contributed by atoms with van der Waals surface area (Å²) < 4.78 is 5.61. The van der Waals surface area contributed by atoms with Crippen LogP contribution in [0.15, 0.2) is 60.7 Å². The Balaban J connectivity index is 1.36. The summed E-state index contributed by atoms with van der Waals surface area (Å²) in [4.78, 5) is 38.3. The van der Waals surface area contributed by atoms with Crippen molar-refractivity contribution in [3.8, 4) is 11.1 Å². The molecule has 0 saturated carbocycles. The fourth-order valence-electron chi connectivity index (χ4n) is 4.68. The molecule has 0 heterocycles. The molecule has 2 amide bonds. The number of hydrogen-bond acceptors (Lipinski definition) is 4. The molecule has 4 rings (SSSR count). The van der Waals surface area contributed by atoms with Gasteiger partial charge in [-0.3, -0.25) is 4.79 Å². The molecule has 2 unspecified atom stereocenters. The predicted octanol–water partition coefficient (Wildman–Crippen LogP) is 4.18. The molecule has 0 aromatic heterocycles. The molecule has 0 saturated heterocycles. The van der Waals surface area contributed by atoms with Crippen LogP contribution < -0.4 is 5.32 Å². The topological polar surface area (TPSA) is 95.9 Å². The molecule has 2 aliphatic rings. The number of alkyl carbamates (subject to hydrolysis) is 1. The zero-order chi connectivity index (χ0) is 24.5. The number of ether oxygens (including phenoxy) is 1. The van der Waals surface area contributed by atoms with Crippen LogP contribution >= 0.6 is 0 Å². The number of benzene rings is 2. The molecule has 7 nitrogen and oxygen atoms in total. The molecule has 0 fully saturated rings. The first-order chi connectivity index (χ1) is 16.2. The Morgan fingerprint density at radius 1 is 1.06 bits per heavy atom. The van der Waals surface area contributed by atoms with Gasteiger partial charge < -0.3 is 20.1 Å². The van der Waals surface area contributed by atoms with Crippen molar-refractivity contribution in [3.05, 3.63) is 71.8 Å². The van der Waals surface area contributed by atoms with E-state index in [-0.39, 0.29) is 24.5 Å². The van der Waals surface area contributed by atoms with E-state index in [0.29, 0.717) is 12.8 Å². The first kappa shape index (κ1) is 23.5. The summed E-state index contributed by atoms with van der Waals surface area (Å²) in [5, 5.41) is 12.3. The molecule has 0 bridgehead atoms. The van der Waals surface area contributed by atoms with Gasteiger partial charge in [-0.1, -0.05) is 60.7 Å². The van der Waals surface area contributed by atoms with Gasteiger partial charge in [0.25, 0.3) is 0 Å². The van der Waals surface area contributed by atoms with E-state index in [2.05, 4.69) is 29.6 Å². The Bertz CT molecular complexity index is 1090. The summed E-state index contributed by atoms with van der Waals surface area (Å²) in [5.74, 6) is -1.76. The predicted molar refractivity (Wildman–Crippen MR) is 128 cm³/mol. The first-order valence-electron chi connectivity index (χ1n) is 11.5. The Morgan fingerprint density at radius 2 is 1.65 bits per heavy atom. The van der Waals surface area contributed by atoms with E-state index in [4.69, 9.17) is 4.74 Å². The van der Waals surface area contributed by atoms with Gasteiger partial charge in [-0.15, -0.1) is 0 Å². The summed E-state index contributed by atoms with van der Waals surface area (Å²) in [5.41, 5.74) is 3.30.